The van der Waals surface area contributed by atoms with Crippen LogP contribution in [0.4, 0.5) is 0 Å². The lowest BCUT2D eigenvalue weighted by atomic mass is 9.71. The smallest absolute Gasteiger partial charge is 0.197 e. The summed E-state index contributed by atoms with van der Waals surface area (Å²) in [7, 11) is 0. The first kappa shape index (κ1) is 12.6. The van der Waals surface area contributed by atoms with Crippen molar-refractivity contribution in [3.05, 3.63) is 11.3 Å². The van der Waals surface area contributed by atoms with Crippen molar-refractivity contribution in [3.8, 4) is 0 Å². The number of Topliss-reactive ketones (excluding diaryl/α,β-unsaturated/α-hetero) is 1. The Morgan fingerprint density at radius 1 is 1.41 bits per heavy atom. The number of aliphatic hydroxyl groups excluding tert-OH is 1. The minimum atomic E-state index is -0.730. The molecular formula is C14H22O3. The summed E-state index contributed by atoms with van der Waals surface area (Å²) in [4.78, 5) is 12.2. The number of aliphatic hydroxyl groups is 1. The molecule has 0 saturated carbocycles. The number of hydrogen-bond acceptors (Lipinski definition) is 3. The average molecular weight is 238 g/mol. The Balaban J connectivity index is 2.32. The zero-order chi connectivity index (χ0) is 12.6. The fourth-order valence-corrected chi connectivity index (χ4v) is 3.02. The van der Waals surface area contributed by atoms with Crippen LogP contribution in [0.1, 0.15) is 52.9 Å². The van der Waals surface area contributed by atoms with E-state index in [0.29, 0.717) is 12.8 Å². The number of ketones is 1. The molecule has 1 aliphatic heterocycles. The van der Waals surface area contributed by atoms with Crippen molar-refractivity contribution < 1.29 is 14.6 Å². The summed E-state index contributed by atoms with van der Waals surface area (Å²) in [6.45, 7) is 6.26. The molecule has 1 unspecified atom stereocenters. The Morgan fingerprint density at radius 3 is 2.76 bits per heavy atom. The van der Waals surface area contributed by atoms with Gasteiger partial charge < -0.3 is 9.84 Å². The van der Waals surface area contributed by atoms with E-state index in [1.54, 1.807) is 0 Å². The molecule has 17 heavy (non-hydrogen) atoms. The first-order chi connectivity index (χ1) is 7.93. The highest BCUT2D eigenvalue weighted by molar-refractivity contribution is 5.97. The van der Waals surface area contributed by atoms with Crippen LogP contribution < -0.4 is 0 Å². The summed E-state index contributed by atoms with van der Waals surface area (Å²) in [6.07, 6.45) is 3.21. The van der Waals surface area contributed by atoms with Gasteiger partial charge in [-0.2, -0.15) is 0 Å². The van der Waals surface area contributed by atoms with Gasteiger partial charge in [-0.25, -0.2) is 0 Å². The number of ether oxygens (including phenoxy) is 1. The van der Waals surface area contributed by atoms with E-state index in [4.69, 9.17) is 4.74 Å². The SMILES string of the molecule is CCC[C@@H]1CC(O)OC2=C1C(=O)CC(C)(C)C2. The van der Waals surface area contributed by atoms with Crippen molar-refractivity contribution in [1.82, 2.24) is 0 Å². The predicted molar refractivity (Wildman–Crippen MR) is 65.2 cm³/mol. The monoisotopic (exact) mass is 238 g/mol. The molecular weight excluding hydrogens is 216 g/mol. The molecule has 96 valence electrons. The fraction of sp³-hybridized carbons (Fsp3) is 0.786. The van der Waals surface area contributed by atoms with E-state index in [1.165, 1.54) is 0 Å². The van der Waals surface area contributed by atoms with Crippen LogP contribution >= 0.6 is 0 Å². The maximum absolute atomic E-state index is 12.2. The molecule has 0 bridgehead atoms. The quantitative estimate of drug-likeness (QED) is 0.804. The Morgan fingerprint density at radius 2 is 2.12 bits per heavy atom. The number of allylic oxidation sites excluding steroid dienone is 2. The Kier molecular flexibility index (Phi) is 3.30. The van der Waals surface area contributed by atoms with E-state index in [-0.39, 0.29) is 17.1 Å². The highest BCUT2D eigenvalue weighted by atomic mass is 16.6. The highest BCUT2D eigenvalue weighted by Gasteiger charge is 2.40. The standard InChI is InChI=1S/C14H22O3/c1-4-5-9-6-12(16)17-11-8-14(2,3)7-10(15)13(9)11/h9,12,16H,4-8H2,1-3H3/t9-,12?/m1/s1. The number of hydrogen-bond donors (Lipinski definition) is 1. The number of rotatable bonds is 2. The first-order valence-electron chi connectivity index (χ1n) is 6.54. The summed E-state index contributed by atoms with van der Waals surface area (Å²) in [6, 6.07) is 0. The molecule has 0 radical (unpaired) electrons. The lowest BCUT2D eigenvalue weighted by molar-refractivity contribution is -0.127. The Bertz CT molecular complexity index is 354. The zero-order valence-corrected chi connectivity index (χ0v) is 11.0. The fourth-order valence-electron chi connectivity index (χ4n) is 3.02. The molecule has 0 aromatic carbocycles. The third-order valence-corrected chi connectivity index (χ3v) is 3.69. The normalized spacial score (nSPS) is 32.1. The molecule has 0 aromatic heterocycles. The summed E-state index contributed by atoms with van der Waals surface area (Å²) in [5.41, 5.74) is 0.834. The van der Waals surface area contributed by atoms with Gasteiger partial charge in [0.05, 0.1) is 0 Å². The largest absolute Gasteiger partial charge is 0.469 e. The molecule has 0 aromatic rings. The Labute approximate surface area is 103 Å². The van der Waals surface area contributed by atoms with E-state index in [1.807, 2.05) is 0 Å². The van der Waals surface area contributed by atoms with Crippen molar-refractivity contribution in [2.24, 2.45) is 11.3 Å². The second-order valence-electron chi connectivity index (χ2n) is 6.07. The Hall–Kier alpha value is -0.830. The van der Waals surface area contributed by atoms with E-state index in [9.17, 15) is 9.90 Å². The van der Waals surface area contributed by atoms with Crippen LogP contribution in [0, 0.1) is 11.3 Å². The van der Waals surface area contributed by atoms with E-state index < -0.39 is 6.29 Å². The molecule has 0 saturated heterocycles. The summed E-state index contributed by atoms with van der Waals surface area (Å²) in [5, 5.41) is 9.73. The number of carbonyl (C=O) groups is 1. The van der Waals surface area contributed by atoms with Crippen LogP contribution in [0.15, 0.2) is 11.3 Å². The second-order valence-corrected chi connectivity index (χ2v) is 6.07. The molecule has 2 aliphatic rings. The maximum atomic E-state index is 12.2. The van der Waals surface area contributed by atoms with Gasteiger partial charge in [0.1, 0.15) is 5.76 Å². The third-order valence-electron chi connectivity index (χ3n) is 3.69. The minimum Gasteiger partial charge on any atom is -0.469 e. The van der Waals surface area contributed by atoms with Gasteiger partial charge in [-0.15, -0.1) is 0 Å². The van der Waals surface area contributed by atoms with Crippen molar-refractivity contribution in [2.75, 3.05) is 0 Å². The minimum absolute atomic E-state index is 0.0380. The van der Waals surface area contributed by atoms with Gasteiger partial charge in [-0.05, 0) is 17.8 Å². The van der Waals surface area contributed by atoms with E-state index in [2.05, 4.69) is 20.8 Å². The molecule has 1 N–H and O–H groups in total. The van der Waals surface area contributed by atoms with Gasteiger partial charge in [-0.1, -0.05) is 27.2 Å². The lowest BCUT2D eigenvalue weighted by Gasteiger charge is -2.39. The molecule has 1 heterocycles. The molecule has 2 rings (SSSR count). The molecule has 2 atom stereocenters. The zero-order valence-electron chi connectivity index (χ0n) is 11.0. The van der Waals surface area contributed by atoms with Crippen LogP contribution in [0.2, 0.25) is 0 Å². The van der Waals surface area contributed by atoms with Crippen LogP contribution in [0.3, 0.4) is 0 Å². The van der Waals surface area contributed by atoms with Gasteiger partial charge in [0.25, 0.3) is 0 Å². The first-order valence-corrected chi connectivity index (χ1v) is 6.54. The molecule has 0 spiro atoms. The van der Waals surface area contributed by atoms with Crippen LogP contribution in [0.25, 0.3) is 0 Å². The average Bonchev–Trinajstić information content (AvgIpc) is 2.13. The van der Waals surface area contributed by atoms with E-state index >= 15 is 0 Å². The van der Waals surface area contributed by atoms with Crippen molar-refractivity contribution in [3.63, 3.8) is 0 Å². The van der Waals surface area contributed by atoms with Crippen molar-refractivity contribution >= 4 is 5.78 Å². The molecule has 0 amide bonds. The second kappa shape index (κ2) is 4.45. The van der Waals surface area contributed by atoms with Crippen LogP contribution in [-0.4, -0.2) is 17.2 Å². The lowest BCUT2D eigenvalue weighted by Crippen LogP contribution is -2.36. The van der Waals surface area contributed by atoms with E-state index in [0.717, 1.165) is 30.6 Å². The number of carbonyl (C=O) groups excluding carboxylic acids is 1. The molecule has 3 nitrogen and oxygen atoms in total. The predicted octanol–water partition coefficient (Wildman–Crippen LogP) is 2.78. The van der Waals surface area contributed by atoms with Gasteiger partial charge in [-0.3, -0.25) is 4.79 Å². The molecule has 0 fully saturated rings. The molecule has 3 heteroatoms. The van der Waals surface area contributed by atoms with Crippen molar-refractivity contribution in [1.29, 1.82) is 0 Å². The summed E-state index contributed by atoms with van der Waals surface area (Å²) in [5.74, 6) is 1.17. The third kappa shape index (κ3) is 2.54. The topological polar surface area (TPSA) is 46.5 Å². The van der Waals surface area contributed by atoms with Gasteiger partial charge in [0, 0.05) is 24.8 Å². The van der Waals surface area contributed by atoms with Crippen LogP contribution in [0.5, 0.6) is 0 Å². The summed E-state index contributed by atoms with van der Waals surface area (Å²) < 4.78 is 5.49. The van der Waals surface area contributed by atoms with Gasteiger partial charge >= 0.3 is 0 Å². The maximum Gasteiger partial charge on any atom is 0.197 e. The van der Waals surface area contributed by atoms with Crippen LogP contribution in [-0.2, 0) is 9.53 Å². The summed E-state index contributed by atoms with van der Waals surface area (Å²) >= 11 is 0. The van der Waals surface area contributed by atoms with Crippen molar-refractivity contribution in [2.45, 2.75) is 59.2 Å². The van der Waals surface area contributed by atoms with Gasteiger partial charge in [0.15, 0.2) is 12.1 Å². The van der Waals surface area contributed by atoms with Gasteiger partial charge in [0.2, 0.25) is 0 Å². The highest BCUT2D eigenvalue weighted by Crippen LogP contribution is 2.44. The molecule has 1 aliphatic carbocycles.